The third kappa shape index (κ3) is 7.67. The van der Waals surface area contributed by atoms with Gasteiger partial charge in [0.15, 0.2) is 5.75 Å². The largest absolute Gasteiger partial charge is 0.486 e. The van der Waals surface area contributed by atoms with Gasteiger partial charge in [0.05, 0.1) is 5.69 Å². The molecule has 0 radical (unpaired) electrons. The Bertz CT molecular complexity index is 2020. The molecule has 8 rings (SSSR count). The van der Waals surface area contributed by atoms with Crippen LogP contribution in [0.1, 0.15) is 23.1 Å². The minimum Gasteiger partial charge on any atom is -0.486 e. The van der Waals surface area contributed by atoms with Crippen LogP contribution in [0.25, 0.3) is 32.7 Å². The van der Waals surface area contributed by atoms with Crippen molar-refractivity contribution in [2.45, 2.75) is 25.5 Å². The second-order valence-corrected chi connectivity index (χ2v) is 12.4. The molecule has 48 heavy (non-hydrogen) atoms. The zero-order valence-corrected chi connectivity index (χ0v) is 27.2. The molecule has 5 nitrogen and oxygen atoms in total. The van der Waals surface area contributed by atoms with E-state index < -0.39 is 0 Å². The van der Waals surface area contributed by atoms with Crippen molar-refractivity contribution < 1.29 is 4.74 Å². The first-order chi connectivity index (χ1) is 23.5. The molecule has 2 aliphatic rings. The Kier molecular flexibility index (Phi) is 10.6. The Hall–Kier alpha value is -5.20. The van der Waals surface area contributed by atoms with Gasteiger partial charge in [0.1, 0.15) is 6.61 Å². The summed E-state index contributed by atoms with van der Waals surface area (Å²) in [5.41, 5.74) is 28.2. The van der Waals surface area contributed by atoms with E-state index in [1.807, 2.05) is 24.3 Å². The van der Waals surface area contributed by atoms with Crippen LogP contribution in [0.15, 0.2) is 152 Å². The predicted octanol–water partition coefficient (Wildman–Crippen LogP) is 8.35. The van der Waals surface area contributed by atoms with Gasteiger partial charge in [-0.25, -0.2) is 0 Å². The van der Waals surface area contributed by atoms with Crippen LogP contribution in [0.5, 0.6) is 5.75 Å². The van der Waals surface area contributed by atoms with E-state index in [0.717, 1.165) is 39.8 Å². The van der Waals surface area contributed by atoms with Crippen molar-refractivity contribution in [3.63, 3.8) is 0 Å². The highest BCUT2D eigenvalue weighted by molar-refractivity contribution is 6.13. The van der Waals surface area contributed by atoms with E-state index in [1.54, 1.807) is 0 Å². The van der Waals surface area contributed by atoms with Gasteiger partial charge in [-0.2, -0.15) is 0 Å². The van der Waals surface area contributed by atoms with Gasteiger partial charge >= 0.3 is 0 Å². The first kappa shape index (κ1) is 32.7. The lowest BCUT2D eigenvalue weighted by Crippen LogP contribution is -2.45. The molecule has 0 bridgehead atoms. The van der Waals surface area contributed by atoms with Crippen molar-refractivity contribution >= 4 is 27.2 Å². The number of hydrogen-bond acceptors (Lipinski definition) is 5. The normalized spacial score (nSPS) is 17.4. The molecule has 0 spiro atoms. The summed E-state index contributed by atoms with van der Waals surface area (Å²) >= 11 is 0. The fourth-order valence-electron chi connectivity index (χ4n) is 6.53. The number of benzene rings is 6. The fraction of sp³-hybridized carbons (Fsp3) is 0.163. The van der Waals surface area contributed by atoms with Crippen LogP contribution in [0, 0.1) is 11.8 Å². The van der Waals surface area contributed by atoms with E-state index in [-0.39, 0.29) is 6.67 Å². The van der Waals surface area contributed by atoms with E-state index in [2.05, 4.69) is 139 Å². The van der Waals surface area contributed by atoms with Crippen molar-refractivity contribution in [3.8, 4) is 16.9 Å². The zero-order valence-electron chi connectivity index (χ0n) is 27.2. The molecule has 242 valence electrons. The molecule has 6 aromatic rings. The molecule has 0 amide bonds. The average molecular weight is 633 g/mol. The highest BCUT2D eigenvalue weighted by Gasteiger charge is 2.35. The fourth-order valence-corrected chi connectivity index (χ4v) is 6.53. The van der Waals surface area contributed by atoms with Crippen molar-refractivity contribution in [1.29, 1.82) is 0 Å². The molecule has 5 heteroatoms. The van der Waals surface area contributed by atoms with Crippen LogP contribution < -0.4 is 27.7 Å². The maximum atomic E-state index is 6.46. The number of nitrogens with two attached hydrogens (primary N) is 4. The molecule has 2 aliphatic carbocycles. The van der Waals surface area contributed by atoms with Gasteiger partial charge in [-0.15, -0.1) is 0 Å². The Morgan fingerprint density at radius 1 is 0.625 bits per heavy atom. The van der Waals surface area contributed by atoms with Crippen molar-refractivity contribution in [3.05, 3.63) is 168 Å². The highest BCUT2D eigenvalue weighted by Crippen LogP contribution is 2.39. The standard InChI is InChI=1S/C34H27NO.C8H11N.CH6N2/c35-32-19-18-28-16-14-27-15-17-30(29-13-7-12-26(21-29)20-24-8-3-1-4-9-24)22-31(27)33(28)34(32)36-23-25-10-5-2-6-11-25;9-8-5-6-3-1-2-4-7(6)8;2-1-3/h1-19,21-22H,20,23,35H2;1-4,6-8H,5,9H2;1-3H2. The van der Waals surface area contributed by atoms with Crippen LogP contribution >= 0.6 is 0 Å². The van der Waals surface area contributed by atoms with Crippen molar-refractivity contribution in [1.82, 2.24) is 0 Å². The van der Waals surface area contributed by atoms with Crippen molar-refractivity contribution in [2.75, 3.05) is 12.4 Å². The summed E-state index contributed by atoms with van der Waals surface area (Å²) in [6, 6.07) is 45.1. The summed E-state index contributed by atoms with van der Waals surface area (Å²) in [4.78, 5) is 0. The summed E-state index contributed by atoms with van der Waals surface area (Å²) in [5.74, 6) is 2.18. The molecule has 1 saturated carbocycles. The number of ether oxygens (including phenoxy) is 1. The molecule has 0 aliphatic heterocycles. The maximum absolute atomic E-state index is 6.46. The van der Waals surface area contributed by atoms with Gasteiger partial charge in [-0.05, 0) is 80.8 Å². The van der Waals surface area contributed by atoms with Gasteiger partial charge in [0.2, 0.25) is 0 Å². The number of allylic oxidation sites excluding steroid dienone is 3. The molecule has 0 heterocycles. The maximum Gasteiger partial charge on any atom is 0.151 e. The molecule has 3 unspecified atom stereocenters. The minimum absolute atomic E-state index is 0.250. The van der Waals surface area contributed by atoms with Crippen LogP contribution in [0.4, 0.5) is 5.69 Å². The minimum atomic E-state index is 0.250. The second-order valence-electron chi connectivity index (χ2n) is 12.4. The lowest BCUT2D eigenvalue weighted by molar-refractivity contribution is 0.229. The SMILES string of the molecule is NC1CC2C=CC=CC12.NCN.Nc1ccc2ccc3ccc(-c4cccc(Cc5ccccc5)c4)cc3c2c1OCc1ccccc1. The number of fused-ring (bicyclic) bond motifs is 4. The van der Waals surface area contributed by atoms with Crippen LogP contribution in [0.2, 0.25) is 0 Å². The third-order valence-electron chi connectivity index (χ3n) is 9.06. The molecule has 8 N–H and O–H groups in total. The number of rotatable bonds is 6. The first-order valence-electron chi connectivity index (χ1n) is 16.6. The summed E-state index contributed by atoms with van der Waals surface area (Å²) < 4.78 is 6.35. The first-order valence-corrected chi connectivity index (χ1v) is 16.6. The lowest BCUT2D eigenvalue weighted by atomic mass is 9.68. The summed E-state index contributed by atoms with van der Waals surface area (Å²) in [6.07, 6.45) is 10.8. The molecule has 0 aromatic heterocycles. The highest BCUT2D eigenvalue weighted by atomic mass is 16.5. The average Bonchev–Trinajstić information content (AvgIpc) is 3.12. The summed E-state index contributed by atoms with van der Waals surface area (Å²) in [6.45, 7) is 0.724. The van der Waals surface area contributed by atoms with E-state index >= 15 is 0 Å². The monoisotopic (exact) mass is 632 g/mol. The Labute approximate surface area is 283 Å². The lowest BCUT2D eigenvalue weighted by Gasteiger charge is -2.40. The third-order valence-corrected chi connectivity index (χ3v) is 9.06. The molecule has 1 fully saturated rings. The van der Waals surface area contributed by atoms with Gasteiger partial charge in [0, 0.05) is 18.1 Å². The van der Waals surface area contributed by atoms with Gasteiger partial charge in [-0.3, -0.25) is 0 Å². The molecule has 3 atom stereocenters. The van der Waals surface area contributed by atoms with E-state index in [1.165, 1.54) is 34.1 Å². The smallest absolute Gasteiger partial charge is 0.151 e. The van der Waals surface area contributed by atoms with Gasteiger partial charge in [0.25, 0.3) is 0 Å². The topological polar surface area (TPSA) is 113 Å². The molecular weight excluding hydrogens is 589 g/mol. The summed E-state index contributed by atoms with van der Waals surface area (Å²) in [7, 11) is 0. The van der Waals surface area contributed by atoms with Crippen LogP contribution in [-0.2, 0) is 13.0 Å². The molecular formula is C43H44N4O. The quantitative estimate of drug-likeness (QED) is 0.0837. The predicted molar refractivity (Wildman–Crippen MR) is 202 cm³/mol. The summed E-state index contributed by atoms with van der Waals surface area (Å²) in [5, 5.41) is 4.50. The van der Waals surface area contributed by atoms with E-state index in [0.29, 0.717) is 24.3 Å². The van der Waals surface area contributed by atoms with Gasteiger partial charge < -0.3 is 27.7 Å². The Balaban J connectivity index is 0.000000281. The van der Waals surface area contributed by atoms with E-state index in [9.17, 15) is 0 Å². The van der Waals surface area contributed by atoms with E-state index in [4.69, 9.17) is 16.2 Å². The molecule has 6 aromatic carbocycles. The van der Waals surface area contributed by atoms with Crippen LogP contribution in [-0.4, -0.2) is 12.7 Å². The number of anilines is 1. The zero-order chi connectivity index (χ0) is 33.3. The van der Waals surface area contributed by atoms with Crippen molar-refractivity contribution in [2.24, 2.45) is 29.0 Å². The Morgan fingerprint density at radius 3 is 1.96 bits per heavy atom. The second kappa shape index (κ2) is 15.6. The number of nitrogen functional groups attached to an aromatic ring is 1. The molecule has 0 saturated heterocycles. The Morgan fingerprint density at radius 2 is 1.25 bits per heavy atom. The van der Waals surface area contributed by atoms with Gasteiger partial charge in [-0.1, -0.05) is 140 Å². The van der Waals surface area contributed by atoms with Crippen LogP contribution in [0.3, 0.4) is 0 Å². The number of hydrogen-bond donors (Lipinski definition) is 4.